The number of nitrogens with zero attached hydrogens (tertiary/aromatic N) is 3. The fourth-order valence-corrected chi connectivity index (χ4v) is 1.86. The average Bonchev–Trinajstić information content (AvgIpc) is 2.65. The van der Waals surface area contributed by atoms with E-state index in [9.17, 15) is 0 Å². The highest BCUT2D eigenvalue weighted by molar-refractivity contribution is 5.20. The predicted octanol–water partition coefficient (Wildman–Crippen LogP) is 1.60. The molecular formula is C11H18N4O. The zero-order chi connectivity index (χ0) is 11.8. The monoisotopic (exact) mass is 222 g/mol. The van der Waals surface area contributed by atoms with Gasteiger partial charge in [-0.25, -0.2) is 4.98 Å². The molecule has 0 bridgehead atoms. The molecule has 2 rings (SSSR count). The molecule has 0 aromatic carbocycles. The number of anilines is 1. The molecule has 0 aliphatic carbocycles. The summed E-state index contributed by atoms with van der Waals surface area (Å²) in [5.74, 6) is 1.93. The van der Waals surface area contributed by atoms with E-state index in [4.69, 9.17) is 10.5 Å². The van der Waals surface area contributed by atoms with Crippen LogP contribution in [-0.2, 0) is 10.3 Å². The van der Waals surface area contributed by atoms with Crippen molar-refractivity contribution < 1.29 is 4.74 Å². The lowest BCUT2D eigenvalue weighted by molar-refractivity contribution is 0.00903. The molecule has 0 radical (unpaired) electrons. The van der Waals surface area contributed by atoms with Crippen LogP contribution in [0.1, 0.15) is 51.2 Å². The van der Waals surface area contributed by atoms with Crippen LogP contribution in [0.3, 0.4) is 0 Å². The fraction of sp³-hybridized carbons (Fsp3) is 0.727. The van der Waals surface area contributed by atoms with E-state index in [0.29, 0.717) is 5.82 Å². The molecular weight excluding hydrogens is 204 g/mol. The molecule has 0 spiro atoms. The highest BCUT2D eigenvalue weighted by Crippen LogP contribution is 2.33. The smallest absolute Gasteiger partial charge is 0.223 e. The van der Waals surface area contributed by atoms with E-state index < -0.39 is 0 Å². The van der Waals surface area contributed by atoms with Gasteiger partial charge in [0.05, 0.1) is 0 Å². The molecule has 2 heterocycles. The number of nitrogens with two attached hydrogens (primary N) is 1. The minimum absolute atomic E-state index is 0.244. The summed E-state index contributed by atoms with van der Waals surface area (Å²) in [6, 6.07) is 0. The summed E-state index contributed by atoms with van der Waals surface area (Å²) in [5.41, 5.74) is 5.32. The maximum Gasteiger partial charge on any atom is 0.223 e. The van der Waals surface area contributed by atoms with Crippen LogP contribution in [0, 0.1) is 0 Å². The average molecular weight is 222 g/mol. The van der Waals surface area contributed by atoms with Crippen LogP contribution in [-0.4, -0.2) is 21.6 Å². The summed E-state index contributed by atoms with van der Waals surface area (Å²) in [5, 5.41) is 0. The topological polar surface area (TPSA) is 73.9 Å². The van der Waals surface area contributed by atoms with E-state index in [-0.39, 0.29) is 17.5 Å². The van der Waals surface area contributed by atoms with E-state index in [1.807, 2.05) is 20.8 Å². The summed E-state index contributed by atoms with van der Waals surface area (Å²) in [6.07, 6.45) is 1.98. The molecule has 0 saturated carbocycles. The van der Waals surface area contributed by atoms with E-state index >= 15 is 0 Å². The molecule has 5 heteroatoms. The SMILES string of the molecule is CC(C)c1nc(N)nc(C2(C)CCCO2)n1. The Hall–Kier alpha value is -1.23. The Bertz CT molecular complexity index is 386. The number of rotatable bonds is 2. The molecule has 1 saturated heterocycles. The fourth-order valence-electron chi connectivity index (χ4n) is 1.86. The Morgan fingerprint density at radius 3 is 2.62 bits per heavy atom. The maximum absolute atomic E-state index is 5.71. The van der Waals surface area contributed by atoms with Crippen molar-refractivity contribution in [1.82, 2.24) is 15.0 Å². The third-order valence-corrected chi connectivity index (χ3v) is 2.88. The third-order valence-electron chi connectivity index (χ3n) is 2.88. The molecule has 1 aromatic heterocycles. The largest absolute Gasteiger partial charge is 0.368 e. The van der Waals surface area contributed by atoms with Gasteiger partial charge >= 0.3 is 0 Å². The molecule has 1 aliphatic heterocycles. The van der Waals surface area contributed by atoms with Crippen molar-refractivity contribution in [2.24, 2.45) is 0 Å². The summed E-state index contributed by atoms with van der Waals surface area (Å²) < 4.78 is 5.71. The van der Waals surface area contributed by atoms with Crippen molar-refractivity contribution in [2.45, 2.75) is 45.1 Å². The van der Waals surface area contributed by atoms with Crippen molar-refractivity contribution in [1.29, 1.82) is 0 Å². The molecule has 88 valence electrons. The minimum atomic E-state index is -0.388. The van der Waals surface area contributed by atoms with Gasteiger partial charge in [0.1, 0.15) is 11.4 Å². The van der Waals surface area contributed by atoms with Gasteiger partial charge in [0, 0.05) is 12.5 Å². The van der Waals surface area contributed by atoms with Crippen molar-refractivity contribution >= 4 is 5.95 Å². The van der Waals surface area contributed by atoms with Crippen LogP contribution in [0.2, 0.25) is 0 Å². The van der Waals surface area contributed by atoms with Gasteiger partial charge in [-0.05, 0) is 19.8 Å². The molecule has 5 nitrogen and oxygen atoms in total. The molecule has 1 fully saturated rings. The lowest BCUT2D eigenvalue weighted by Crippen LogP contribution is -2.25. The Morgan fingerprint density at radius 1 is 1.31 bits per heavy atom. The molecule has 1 unspecified atom stereocenters. The number of ether oxygens (including phenoxy) is 1. The van der Waals surface area contributed by atoms with E-state index in [1.54, 1.807) is 0 Å². The molecule has 1 aliphatic rings. The van der Waals surface area contributed by atoms with Crippen molar-refractivity contribution in [3.05, 3.63) is 11.6 Å². The van der Waals surface area contributed by atoms with E-state index in [1.165, 1.54) is 0 Å². The lowest BCUT2D eigenvalue weighted by Gasteiger charge is -2.22. The second kappa shape index (κ2) is 3.97. The van der Waals surface area contributed by atoms with Crippen LogP contribution in [0.5, 0.6) is 0 Å². The third kappa shape index (κ3) is 2.00. The van der Waals surface area contributed by atoms with Gasteiger partial charge in [-0.15, -0.1) is 0 Å². The first-order chi connectivity index (χ1) is 7.51. The number of hydrogen-bond acceptors (Lipinski definition) is 5. The number of nitrogen functional groups attached to an aromatic ring is 1. The normalized spacial score (nSPS) is 25.2. The number of aromatic nitrogens is 3. The van der Waals surface area contributed by atoms with Crippen molar-refractivity contribution in [2.75, 3.05) is 12.3 Å². The first-order valence-corrected chi connectivity index (χ1v) is 5.67. The summed E-state index contributed by atoms with van der Waals surface area (Å²) in [6.45, 7) is 6.85. The van der Waals surface area contributed by atoms with Gasteiger partial charge in [-0.1, -0.05) is 13.8 Å². The second-order valence-corrected chi connectivity index (χ2v) is 4.71. The standard InChI is InChI=1S/C11H18N4O/c1-7(2)8-13-9(15-10(12)14-8)11(3)5-4-6-16-11/h7H,4-6H2,1-3H3,(H2,12,13,14,15). The molecule has 0 amide bonds. The van der Waals surface area contributed by atoms with Crippen LogP contribution in [0.4, 0.5) is 5.95 Å². The Labute approximate surface area is 95.5 Å². The molecule has 2 N–H and O–H groups in total. The van der Waals surface area contributed by atoms with Crippen LogP contribution >= 0.6 is 0 Å². The highest BCUT2D eigenvalue weighted by Gasteiger charge is 2.35. The molecule has 1 aromatic rings. The van der Waals surface area contributed by atoms with E-state index in [2.05, 4.69) is 15.0 Å². The maximum atomic E-state index is 5.71. The first kappa shape index (κ1) is 11.3. The van der Waals surface area contributed by atoms with Crippen molar-refractivity contribution in [3.8, 4) is 0 Å². The Morgan fingerprint density at radius 2 is 2.06 bits per heavy atom. The van der Waals surface area contributed by atoms with Crippen LogP contribution < -0.4 is 5.73 Å². The zero-order valence-corrected chi connectivity index (χ0v) is 10.0. The summed E-state index contributed by atoms with van der Waals surface area (Å²) >= 11 is 0. The Balaban J connectivity index is 2.40. The van der Waals surface area contributed by atoms with Crippen molar-refractivity contribution in [3.63, 3.8) is 0 Å². The van der Waals surface area contributed by atoms with Gasteiger partial charge < -0.3 is 10.5 Å². The second-order valence-electron chi connectivity index (χ2n) is 4.71. The van der Waals surface area contributed by atoms with Gasteiger partial charge in [0.25, 0.3) is 0 Å². The molecule has 16 heavy (non-hydrogen) atoms. The van der Waals surface area contributed by atoms with Gasteiger partial charge in [0.2, 0.25) is 5.95 Å². The van der Waals surface area contributed by atoms with Crippen LogP contribution in [0.25, 0.3) is 0 Å². The summed E-state index contributed by atoms with van der Waals surface area (Å²) in [7, 11) is 0. The van der Waals surface area contributed by atoms with E-state index in [0.717, 1.165) is 25.3 Å². The quantitative estimate of drug-likeness (QED) is 0.822. The lowest BCUT2D eigenvalue weighted by atomic mass is 10.0. The molecule has 1 atom stereocenters. The van der Waals surface area contributed by atoms with Gasteiger partial charge in [-0.3, -0.25) is 0 Å². The van der Waals surface area contributed by atoms with Gasteiger partial charge in [-0.2, -0.15) is 9.97 Å². The number of hydrogen-bond donors (Lipinski definition) is 1. The summed E-state index contributed by atoms with van der Waals surface area (Å²) in [4.78, 5) is 12.8. The first-order valence-electron chi connectivity index (χ1n) is 5.67. The van der Waals surface area contributed by atoms with Gasteiger partial charge in [0.15, 0.2) is 5.82 Å². The predicted molar refractivity (Wildman–Crippen MR) is 60.9 cm³/mol. The Kier molecular flexibility index (Phi) is 2.80. The zero-order valence-electron chi connectivity index (χ0n) is 10.0. The van der Waals surface area contributed by atoms with Crippen LogP contribution in [0.15, 0.2) is 0 Å². The highest BCUT2D eigenvalue weighted by atomic mass is 16.5. The minimum Gasteiger partial charge on any atom is -0.368 e.